The molecule has 22 heavy (non-hydrogen) atoms. The van der Waals surface area contributed by atoms with Crippen LogP contribution in [0.25, 0.3) is 0 Å². The Morgan fingerprint density at radius 2 is 2.18 bits per heavy atom. The van der Waals surface area contributed by atoms with Crippen molar-refractivity contribution in [3.63, 3.8) is 0 Å². The quantitative estimate of drug-likeness (QED) is 0.730. The van der Waals surface area contributed by atoms with Crippen molar-refractivity contribution in [2.45, 2.75) is 63.1 Å². The molecule has 3 atom stereocenters. The van der Waals surface area contributed by atoms with Gasteiger partial charge in [-0.2, -0.15) is 0 Å². The fraction of sp³-hybridized carbons (Fsp3) is 0.812. The van der Waals surface area contributed by atoms with E-state index in [1.807, 2.05) is 6.92 Å². The van der Waals surface area contributed by atoms with Crippen LogP contribution in [0.15, 0.2) is 12.8 Å². The molecule has 6 nitrogen and oxygen atoms in total. The number of amides is 1. The Morgan fingerprint density at radius 1 is 1.41 bits per heavy atom. The summed E-state index contributed by atoms with van der Waals surface area (Å²) in [5.74, 6) is -0.377. The van der Waals surface area contributed by atoms with Crippen molar-refractivity contribution < 1.29 is 23.7 Å². The van der Waals surface area contributed by atoms with E-state index >= 15 is 0 Å². The summed E-state index contributed by atoms with van der Waals surface area (Å²) in [6, 6.07) is 0. The Morgan fingerprint density at radius 3 is 2.86 bits per heavy atom. The number of hydrogen-bond donors (Lipinski definition) is 0. The van der Waals surface area contributed by atoms with Crippen LogP contribution < -0.4 is 0 Å². The molecule has 2 aliphatic heterocycles. The van der Waals surface area contributed by atoms with Gasteiger partial charge in [-0.05, 0) is 19.8 Å². The number of ether oxygens (including phenoxy) is 4. The molecule has 1 spiro atoms. The van der Waals surface area contributed by atoms with Gasteiger partial charge in [0.15, 0.2) is 5.79 Å². The maximum Gasteiger partial charge on any atom is 0.413 e. The van der Waals surface area contributed by atoms with Crippen LogP contribution in [0.2, 0.25) is 0 Å². The van der Waals surface area contributed by atoms with E-state index in [1.165, 1.54) is 17.5 Å². The molecular formula is C16H25NO5. The predicted molar refractivity (Wildman–Crippen MR) is 79.2 cm³/mol. The Balaban J connectivity index is 1.41. The number of rotatable bonds is 5. The molecule has 3 fully saturated rings. The zero-order chi connectivity index (χ0) is 15.6. The Hall–Kier alpha value is -1.11. The molecule has 2 heterocycles. The van der Waals surface area contributed by atoms with Gasteiger partial charge in [0.05, 0.1) is 6.61 Å². The van der Waals surface area contributed by atoms with Gasteiger partial charge in [0.25, 0.3) is 0 Å². The molecule has 3 unspecified atom stereocenters. The Labute approximate surface area is 131 Å². The van der Waals surface area contributed by atoms with Gasteiger partial charge in [0, 0.05) is 25.6 Å². The van der Waals surface area contributed by atoms with Crippen LogP contribution in [-0.2, 0) is 18.9 Å². The van der Waals surface area contributed by atoms with Crippen molar-refractivity contribution in [3.8, 4) is 0 Å². The highest BCUT2D eigenvalue weighted by Crippen LogP contribution is 2.42. The van der Waals surface area contributed by atoms with E-state index in [4.69, 9.17) is 18.9 Å². The molecule has 3 rings (SSSR count). The van der Waals surface area contributed by atoms with Crippen LogP contribution >= 0.6 is 0 Å². The summed E-state index contributed by atoms with van der Waals surface area (Å²) >= 11 is 0. The molecule has 0 radical (unpaired) electrons. The molecule has 0 bridgehead atoms. The second-order valence-electron chi connectivity index (χ2n) is 6.12. The molecule has 3 aliphatic rings. The van der Waals surface area contributed by atoms with Crippen LogP contribution in [0.4, 0.5) is 4.79 Å². The van der Waals surface area contributed by atoms with Crippen LogP contribution in [0, 0.1) is 0 Å². The van der Waals surface area contributed by atoms with Crippen molar-refractivity contribution in [1.82, 2.24) is 4.90 Å². The minimum atomic E-state index is -0.390. The number of hydrogen-bond acceptors (Lipinski definition) is 5. The average molecular weight is 311 g/mol. The van der Waals surface area contributed by atoms with Crippen molar-refractivity contribution in [2.24, 2.45) is 0 Å². The van der Waals surface area contributed by atoms with E-state index in [2.05, 4.69) is 6.58 Å². The third-order valence-electron chi connectivity index (χ3n) is 4.65. The molecule has 124 valence electrons. The van der Waals surface area contributed by atoms with Crippen LogP contribution in [0.3, 0.4) is 0 Å². The summed E-state index contributed by atoms with van der Waals surface area (Å²) in [5.41, 5.74) is 0. The van der Waals surface area contributed by atoms with Crippen molar-refractivity contribution >= 4 is 6.09 Å². The van der Waals surface area contributed by atoms with E-state index in [9.17, 15) is 4.79 Å². The summed E-state index contributed by atoms with van der Waals surface area (Å²) in [4.78, 5) is 13.1. The molecular weight excluding hydrogens is 286 g/mol. The van der Waals surface area contributed by atoms with E-state index in [0.29, 0.717) is 13.2 Å². The highest BCUT2D eigenvalue weighted by Gasteiger charge is 2.53. The molecule has 0 aromatic heterocycles. The fourth-order valence-electron chi connectivity index (χ4n) is 3.28. The molecule has 0 aromatic carbocycles. The van der Waals surface area contributed by atoms with Crippen molar-refractivity contribution in [3.05, 3.63) is 12.8 Å². The van der Waals surface area contributed by atoms with Crippen LogP contribution in [0.1, 0.15) is 39.0 Å². The fourth-order valence-corrected chi connectivity index (χ4v) is 3.28. The zero-order valence-corrected chi connectivity index (χ0v) is 13.2. The van der Waals surface area contributed by atoms with Crippen LogP contribution in [-0.4, -0.2) is 54.9 Å². The maximum absolute atomic E-state index is 11.7. The standard InChI is InChI=1S/C16H25NO5/c1-3-17(4-2)15(18)19-10-12-14(21-12)13-11-20-16(22-13)8-6-5-7-9-16/h3,12-14H,1,4-11H2,2H3. The summed E-state index contributed by atoms with van der Waals surface area (Å²) in [7, 11) is 0. The van der Waals surface area contributed by atoms with Gasteiger partial charge >= 0.3 is 6.09 Å². The maximum atomic E-state index is 11.7. The molecule has 0 aromatic rings. The van der Waals surface area contributed by atoms with Gasteiger partial charge in [0.1, 0.15) is 24.9 Å². The van der Waals surface area contributed by atoms with Gasteiger partial charge in [-0.25, -0.2) is 4.79 Å². The minimum absolute atomic E-state index is 0.0205. The largest absolute Gasteiger partial charge is 0.446 e. The highest BCUT2D eigenvalue weighted by molar-refractivity contribution is 5.68. The van der Waals surface area contributed by atoms with Gasteiger partial charge in [0.2, 0.25) is 0 Å². The monoisotopic (exact) mass is 311 g/mol. The smallest absolute Gasteiger partial charge is 0.413 e. The normalized spacial score (nSPS) is 32.7. The molecule has 2 saturated heterocycles. The van der Waals surface area contributed by atoms with E-state index in [-0.39, 0.29) is 36.8 Å². The lowest BCUT2D eigenvalue weighted by Gasteiger charge is -2.31. The Kier molecular flexibility index (Phi) is 4.70. The molecule has 1 amide bonds. The number of epoxide rings is 1. The van der Waals surface area contributed by atoms with Gasteiger partial charge in [-0.3, -0.25) is 4.90 Å². The first kappa shape index (κ1) is 15.8. The highest BCUT2D eigenvalue weighted by atomic mass is 16.8. The van der Waals surface area contributed by atoms with Crippen LogP contribution in [0.5, 0.6) is 0 Å². The summed E-state index contributed by atoms with van der Waals surface area (Å²) in [6.45, 7) is 6.81. The first-order valence-electron chi connectivity index (χ1n) is 8.20. The predicted octanol–water partition coefficient (Wildman–Crippen LogP) is 2.43. The van der Waals surface area contributed by atoms with Crippen molar-refractivity contribution in [1.29, 1.82) is 0 Å². The summed E-state index contributed by atoms with van der Waals surface area (Å²) < 4.78 is 22.9. The van der Waals surface area contributed by atoms with E-state index in [0.717, 1.165) is 25.7 Å². The molecule has 1 saturated carbocycles. The second-order valence-corrected chi connectivity index (χ2v) is 6.12. The van der Waals surface area contributed by atoms with Gasteiger partial charge in [-0.1, -0.05) is 13.0 Å². The summed E-state index contributed by atoms with van der Waals surface area (Å²) in [5, 5.41) is 0. The molecule has 6 heteroatoms. The van der Waals surface area contributed by atoms with E-state index < -0.39 is 0 Å². The average Bonchev–Trinajstić information content (AvgIpc) is 3.21. The lowest BCUT2D eigenvalue weighted by atomic mass is 9.94. The minimum Gasteiger partial charge on any atom is -0.446 e. The zero-order valence-electron chi connectivity index (χ0n) is 13.2. The number of carbonyl (C=O) groups is 1. The third kappa shape index (κ3) is 3.29. The second kappa shape index (κ2) is 6.56. The summed E-state index contributed by atoms with van der Waals surface area (Å²) in [6.07, 6.45) is 6.46. The SMILES string of the molecule is C=CN(CC)C(=O)OCC1OC1C1COC2(CCCCC2)O1. The topological polar surface area (TPSA) is 60.5 Å². The lowest BCUT2D eigenvalue weighted by molar-refractivity contribution is -0.188. The molecule has 1 aliphatic carbocycles. The van der Waals surface area contributed by atoms with Gasteiger partial charge in [-0.15, -0.1) is 0 Å². The lowest BCUT2D eigenvalue weighted by Crippen LogP contribution is -2.34. The molecule has 0 N–H and O–H groups in total. The Bertz CT molecular complexity index is 421. The van der Waals surface area contributed by atoms with Gasteiger partial charge < -0.3 is 18.9 Å². The van der Waals surface area contributed by atoms with E-state index in [1.54, 1.807) is 0 Å². The third-order valence-corrected chi connectivity index (χ3v) is 4.65. The number of carbonyl (C=O) groups excluding carboxylic acids is 1. The number of nitrogens with zero attached hydrogens (tertiary/aromatic N) is 1. The first-order valence-corrected chi connectivity index (χ1v) is 8.20. The van der Waals surface area contributed by atoms with Crippen molar-refractivity contribution in [2.75, 3.05) is 19.8 Å². The first-order chi connectivity index (χ1) is 10.7.